The molecule has 2 aromatic carbocycles. The Hall–Kier alpha value is -3.39. The molecule has 0 saturated carbocycles. The second kappa shape index (κ2) is 10.3. The number of hydrogen-bond acceptors (Lipinski definition) is 6. The fourth-order valence-corrected chi connectivity index (χ4v) is 4.00. The zero-order valence-electron chi connectivity index (χ0n) is 18.4. The molecule has 2 N–H and O–H groups in total. The van der Waals surface area contributed by atoms with Crippen molar-refractivity contribution < 1.29 is 4.74 Å². The number of ether oxygens (including phenoxy) is 1. The van der Waals surface area contributed by atoms with E-state index < -0.39 is 0 Å². The number of benzene rings is 2. The van der Waals surface area contributed by atoms with E-state index in [1.807, 2.05) is 30.3 Å². The number of nitrogens with zero attached hydrogens (tertiary/aromatic N) is 4. The van der Waals surface area contributed by atoms with Crippen molar-refractivity contribution in [2.45, 2.75) is 13.0 Å². The number of nitrogens with one attached hydrogen (secondary N) is 2. The Labute approximate surface area is 194 Å². The van der Waals surface area contributed by atoms with Crippen LogP contribution in [0.1, 0.15) is 18.5 Å². The van der Waals surface area contributed by atoms with Crippen LogP contribution in [0.4, 0.5) is 17.5 Å². The number of aromatic nitrogens is 2. The van der Waals surface area contributed by atoms with Gasteiger partial charge in [0.1, 0.15) is 5.82 Å². The summed E-state index contributed by atoms with van der Waals surface area (Å²) in [5.41, 5.74) is 2.40. The van der Waals surface area contributed by atoms with E-state index in [1.54, 1.807) is 7.11 Å². The van der Waals surface area contributed by atoms with Crippen LogP contribution in [-0.4, -0.2) is 48.4 Å². The van der Waals surface area contributed by atoms with Gasteiger partial charge in [-0.15, -0.1) is 0 Å². The summed E-state index contributed by atoms with van der Waals surface area (Å²) < 4.78 is 5.42. The predicted octanol–water partition coefficient (Wildman–Crippen LogP) is 3.86. The number of hydrogen-bond donors (Lipinski definition) is 2. The average molecular weight is 449 g/mol. The largest absolute Gasteiger partial charge is 0.481 e. The summed E-state index contributed by atoms with van der Waals surface area (Å²) in [4.78, 5) is 13.8. The Bertz CT molecular complexity index is 1030. The van der Waals surface area contributed by atoms with E-state index in [9.17, 15) is 0 Å². The maximum atomic E-state index is 5.50. The molecule has 2 heterocycles. The first-order chi connectivity index (χ1) is 15.6. The molecule has 0 bridgehead atoms. The van der Waals surface area contributed by atoms with Crippen molar-refractivity contribution >= 4 is 34.8 Å². The summed E-state index contributed by atoms with van der Waals surface area (Å²) >= 11 is 5.50. The van der Waals surface area contributed by atoms with Crippen LogP contribution in [0.25, 0.3) is 0 Å². The molecular formula is C24H28N6OS. The summed E-state index contributed by atoms with van der Waals surface area (Å²) in [7, 11) is 1.61. The van der Waals surface area contributed by atoms with E-state index in [4.69, 9.17) is 21.9 Å². The Balaban J connectivity index is 1.41. The maximum Gasteiger partial charge on any atom is 0.234 e. The fraction of sp³-hybridized carbons (Fsp3) is 0.292. The van der Waals surface area contributed by atoms with E-state index in [-0.39, 0.29) is 6.04 Å². The standard InChI is InChI=1S/C24H28N6OS/c1-18(19-9-5-3-6-10-19)25-24(32)28-23-26-21(17-22(27-23)31-2)30-15-13-29(14-16-30)20-11-7-4-8-12-20/h3-12,17-18H,13-16H2,1-2H3,(H2,25,26,27,28,32)/t18-/m0/s1. The molecule has 1 saturated heterocycles. The molecule has 1 fully saturated rings. The molecule has 0 unspecified atom stereocenters. The number of anilines is 3. The monoisotopic (exact) mass is 448 g/mol. The average Bonchev–Trinajstić information content (AvgIpc) is 2.85. The molecule has 1 aliphatic heterocycles. The van der Waals surface area contributed by atoms with Crippen molar-refractivity contribution in [2.24, 2.45) is 0 Å². The third-order valence-electron chi connectivity index (χ3n) is 5.50. The highest BCUT2D eigenvalue weighted by molar-refractivity contribution is 7.80. The fourth-order valence-electron chi connectivity index (χ4n) is 3.73. The van der Waals surface area contributed by atoms with E-state index in [1.165, 1.54) is 5.69 Å². The lowest BCUT2D eigenvalue weighted by Gasteiger charge is -2.36. The third-order valence-corrected chi connectivity index (χ3v) is 5.72. The molecule has 0 spiro atoms. The summed E-state index contributed by atoms with van der Waals surface area (Å²) in [6, 6.07) is 22.6. The van der Waals surface area contributed by atoms with Crippen LogP contribution in [0.5, 0.6) is 5.88 Å². The van der Waals surface area contributed by atoms with Crippen LogP contribution in [0, 0.1) is 0 Å². The van der Waals surface area contributed by atoms with Crippen molar-refractivity contribution in [2.75, 3.05) is 48.4 Å². The highest BCUT2D eigenvalue weighted by atomic mass is 32.1. The van der Waals surface area contributed by atoms with Gasteiger partial charge in [0.05, 0.1) is 13.2 Å². The van der Waals surface area contributed by atoms with Crippen molar-refractivity contribution in [3.05, 3.63) is 72.3 Å². The topological polar surface area (TPSA) is 65.6 Å². The maximum absolute atomic E-state index is 5.50. The van der Waals surface area contributed by atoms with Crippen LogP contribution < -0.4 is 25.2 Å². The second-order valence-corrected chi connectivity index (χ2v) is 8.04. The molecule has 0 aliphatic carbocycles. The first-order valence-electron chi connectivity index (χ1n) is 10.7. The van der Waals surface area contributed by atoms with Gasteiger partial charge in [0.15, 0.2) is 5.11 Å². The van der Waals surface area contributed by atoms with Gasteiger partial charge in [0.2, 0.25) is 11.8 Å². The molecule has 166 valence electrons. The van der Waals surface area contributed by atoms with Crippen LogP contribution in [-0.2, 0) is 0 Å². The lowest BCUT2D eigenvalue weighted by molar-refractivity contribution is 0.397. The van der Waals surface area contributed by atoms with Gasteiger partial charge in [-0.3, -0.25) is 0 Å². The van der Waals surface area contributed by atoms with Crippen LogP contribution in [0.2, 0.25) is 0 Å². The van der Waals surface area contributed by atoms with Gasteiger partial charge in [-0.2, -0.15) is 9.97 Å². The molecule has 32 heavy (non-hydrogen) atoms. The van der Waals surface area contributed by atoms with E-state index in [0.717, 1.165) is 37.6 Å². The molecule has 1 atom stereocenters. The normalized spacial score (nSPS) is 14.6. The molecule has 0 amide bonds. The van der Waals surface area contributed by atoms with Gasteiger partial charge >= 0.3 is 0 Å². The minimum atomic E-state index is 0.0624. The lowest BCUT2D eigenvalue weighted by atomic mass is 10.1. The van der Waals surface area contributed by atoms with Crippen LogP contribution >= 0.6 is 12.2 Å². The highest BCUT2D eigenvalue weighted by Gasteiger charge is 2.20. The molecule has 0 radical (unpaired) electrons. The van der Waals surface area contributed by atoms with Crippen LogP contribution in [0.3, 0.4) is 0 Å². The highest BCUT2D eigenvalue weighted by Crippen LogP contribution is 2.23. The summed E-state index contributed by atoms with van der Waals surface area (Å²) in [5.74, 6) is 1.75. The summed E-state index contributed by atoms with van der Waals surface area (Å²) in [5, 5.41) is 6.86. The SMILES string of the molecule is COc1cc(N2CCN(c3ccccc3)CC2)nc(NC(=S)N[C@@H](C)c2ccccc2)n1. The Morgan fingerprint density at radius 1 is 0.938 bits per heavy atom. The second-order valence-electron chi connectivity index (χ2n) is 7.63. The third kappa shape index (κ3) is 5.45. The van der Waals surface area contributed by atoms with Crippen molar-refractivity contribution in [3.63, 3.8) is 0 Å². The first-order valence-corrected chi connectivity index (χ1v) is 11.1. The first kappa shape index (κ1) is 21.8. The number of piperazine rings is 1. The Morgan fingerprint density at radius 2 is 1.56 bits per heavy atom. The smallest absolute Gasteiger partial charge is 0.234 e. The summed E-state index contributed by atoms with van der Waals surface area (Å²) in [6.45, 7) is 5.64. The Morgan fingerprint density at radius 3 is 2.22 bits per heavy atom. The lowest BCUT2D eigenvalue weighted by Crippen LogP contribution is -2.47. The minimum Gasteiger partial charge on any atom is -0.481 e. The Kier molecular flexibility index (Phi) is 7.01. The molecule has 1 aliphatic rings. The predicted molar refractivity (Wildman–Crippen MR) is 134 cm³/mol. The molecule has 4 rings (SSSR count). The molecule has 8 heteroatoms. The van der Waals surface area contributed by atoms with Gasteiger partial charge in [0, 0.05) is 37.9 Å². The summed E-state index contributed by atoms with van der Waals surface area (Å²) in [6.07, 6.45) is 0. The minimum absolute atomic E-state index is 0.0624. The van der Waals surface area contributed by atoms with E-state index in [0.29, 0.717) is 16.9 Å². The van der Waals surface area contributed by atoms with E-state index in [2.05, 4.69) is 68.7 Å². The van der Waals surface area contributed by atoms with Gasteiger partial charge in [-0.1, -0.05) is 48.5 Å². The molecule has 1 aromatic heterocycles. The zero-order chi connectivity index (χ0) is 22.3. The van der Waals surface area contributed by atoms with Gasteiger partial charge in [-0.25, -0.2) is 0 Å². The van der Waals surface area contributed by atoms with Gasteiger partial charge in [-0.05, 0) is 36.8 Å². The zero-order valence-corrected chi connectivity index (χ0v) is 19.2. The molecule has 3 aromatic rings. The van der Waals surface area contributed by atoms with Crippen LogP contribution in [0.15, 0.2) is 66.7 Å². The number of para-hydroxylation sites is 1. The number of thiocarbonyl (C=S) groups is 1. The quantitative estimate of drug-likeness (QED) is 0.551. The molecule has 7 nitrogen and oxygen atoms in total. The van der Waals surface area contributed by atoms with Gasteiger partial charge in [0.25, 0.3) is 0 Å². The molecular weight excluding hydrogens is 420 g/mol. The number of rotatable bonds is 6. The van der Waals surface area contributed by atoms with Crippen molar-refractivity contribution in [3.8, 4) is 5.88 Å². The van der Waals surface area contributed by atoms with Gasteiger partial charge < -0.3 is 25.2 Å². The van der Waals surface area contributed by atoms with Crippen molar-refractivity contribution in [1.29, 1.82) is 0 Å². The number of methoxy groups -OCH3 is 1. The van der Waals surface area contributed by atoms with E-state index >= 15 is 0 Å². The van der Waals surface area contributed by atoms with Crippen molar-refractivity contribution in [1.82, 2.24) is 15.3 Å².